The highest BCUT2D eigenvalue weighted by Gasteiger charge is 2.54. The van der Waals surface area contributed by atoms with Gasteiger partial charge in [-0.25, -0.2) is 0 Å². The number of carbonyl (C=O) groups is 1. The second-order valence-electron chi connectivity index (χ2n) is 8.00. The Morgan fingerprint density at radius 2 is 1.65 bits per heavy atom. The molecule has 4 aliphatic carbocycles. The van der Waals surface area contributed by atoms with E-state index in [0.29, 0.717) is 6.61 Å². The van der Waals surface area contributed by atoms with E-state index in [-0.39, 0.29) is 11.5 Å². The molecule has 23 heavy (non-hydrogen) atoms. The molecule has 1 aromatic rings. The standard InChI is InChI=1S/C20H26O3/c1-22-18-4-2-14(3-5-18)13-23-19(12-21)20-9-15-6-16(10-20)8-17(7-15)11-20/h2-5,12,15-17,19H,6-11,13H2,1H3. The third-order valence-electron chi connectivity index (χ3n) is 6.40. The predicted molar refractivity (Wildman–Crippen MR) is 88.2 cm³/mol. The first kappa shape index (κ1) is 15.2. The second kappa shape index (κ2) is 5.94. The maximum atomic E-state index is 11.8. The van der Waals surface area contributed by atoms with Crippen molar-refractivity contribution in [3.8, 4) is 5.75 Å². The molecule has 124 valence electrons. The summed E-state index contributed by atoms with van der Waals surface area (Å²) in [5.41, 5.74) is 1.23. The summed E-state index contributed by atoms with van der Waals surface area (Å²) in [4.78, 5) is 11.8. The molecule has 0 heterocycles. The molecule has 4 aliphatic rings. The van der Waals surface area contributed by atoms with Crippen molar-refractivity contribution in [1.29, 1.82) is 0 Å². The molecule has 4 fully saturated rings. The van der Waals surface area contributed by atoms with E-state index in [0.717, 1.165) is 35.4 Å². The number of hydrogen-bond acceptors (Lipinski definition) is 3. The van der Waals surface area contributed by atoms with Crippen LogP contribution < -0.4 is 4.74 Å². The molecule has 0 amide bonds. The zero-order valence-corrected chi connectivity index (χ0v) is 13.9. The smallest absolute Gasteiger partial charge is 0.149 e. The van der Waals surface area contributed by atoms with Crippen LogP contribution in [0.4, 0.5) is 0 Å². The van der Waals surface area contributed by atoms with Gasteiger partial charge in [0.1, 0.15) is 18.1 Å². The van der Waals surface area contributed by atoms with Gasteiger partial charge in [-0.1, -0.05) is 12.1 Å². The topological polar surface area (TPSA) is 35.5 Å². The van der Waals surface area contributed by atoms with Gasteiger partial charge in [0.15, 0.2) is 0 Å². The first-order chi connectivity index (χ1) is 11.2. The minimum atomic E-state index is -0.238. The lowest BCUT2D eigenvalue weighted by molar-refractivity contribution is -0.156. The van der Waals surface area contributed by atoms with Crippen LogP contribution in [0.25, 0.3) is 0 Å². The van der Waals surface area contributed by atoms with Crippen LogP contribution >= 0.6 is 0 Å². The molecule has 0 spiro atoms. The monoisotopic (exact) mass is 314 g/mol. The van der Waals surface area contributed by atoms with Gasteiger partial charge in [0, 0.05) is 5.41 Å². The number of rotatable bonds is 6. The predicted octanol–water partition coefficient (Wildman–Crippen LogP) is 4.00. The van der Waals surface area contributed by atoms with Crippen LogP contribution in [0.2, 0.25) is 0 Å². The molecule has 0 aromatic heterocycles. The van der Waals surface area contributed by atoms with Gasteiger partial charge in [-0.3, -0.25) is 0 Å². The molecule has 0 radical (unpaired) electrons. The Morgan fingerprint density at radius 3 is 2.13 bits per heavy atom. The molecule has 4 bridgehead atoms. The van der Waals surface area contributed by atoms with Crippen molar-refractivity contribution in [1.82, 2.24) is 0 Å². The summed E-state index contributed by atoms with van der Waals surface area (Å²) < 4.78 is 11.3. The lowest BCUT2D eigenvalue weighted by Gasteiger charge is -2.58. The summed E-state index contributed by atoms with van der Waals surface area (Å²) in [6.07, 6.45) is 8.62. The summed E-state index contributed by atoms with van der Waals surface area (Å²) >= 11 is 0. The first-order valence-corrected chi connectivity index (χ1v) is 8.90. The van der Waals surface area contributed by atoms with Crippen LogP contribution in [-0.4, -0.2) is 19.5 Å². The molecular weight excluding hydrogens is 288 g/mol. The van der Waals surface area contributed by atoms with E-state index in [9.17, 15) is 4.79 Å². The molecule has 0 aliphatic heterocycles. The molecule has 1 aromatic carbocycles. The van der Waals surface area contributed by atoms with Crippen molar-refractivity contribution in [3.63, 3.8) is 0 Å². The van der Waals surface area contributed by atoms with Gasteiger partial charge in [0.25, 0.3) is 0 Å². The first-order valence-electron chi connectivity index (χ1n) is 8.90. The molecule has 0 N–H and O–H groups in total. The Bertz CT molecular complexity index is 527. The molecule has 1 unspecified atom stereocenters. The SMILES string of the molecule is COc1ccc(COC(C=O)C23CC4CC(CC(C4)C2)C3)cc1. The average Bonchev–Trinajstić information content (AvgIpc) is 2.54. The van der Waals surface area contributed by atoms with E-state index in [4.69, 9.17) is 9.47 Å². The van der Waals surface area contributed by atoms with Gasteiger partial charge >= 0.3 is 0 Å². The van der Waals surface area contributed by atoms with E-state index in [1.165, 1.54) is 38.5 Å². The fraction of sp³-hybridized carbons (Fsp3) is 0.650. The van der Waals surface area contributed by atoms with E-state index >= 15 is 0 Å². The molecule has 5 rings (SSSR count). The molecule has 3 heteroatoms. The van der Waals surface area contributed by atoms with Crippen LogP contribution in [0.15, 0.2) is 24.3 Å². The number of benzene rings is 1. The number of ether oxygens (including phenoxy) is 2. The van der Waals surface area contributed by atoms with Crippen LogP contribution in [0, 0.1) is 23.2 Å². The fourth-order valence-electron chi connectivity index (χ4n) is 5.79. The lowest BCUT2D eigenvalue weighted by atomic mass is 9.48. The van der Waals surface area contributed by atoms with E-state index in [1.54, 1.807) is 7.11 Å². The minimum absolute atomic E-state index is 0.128. The largest absolute Gasteiger partial charge is 0.497 e. The molecule has 1 atom stereocenters. The summed E-state index contributed by atoms with van der Waals surface area (Å²) in [6, 6.07) is 7.92. The lowest BCUT2D eigenvalue weighted by Crippen LogP contribution is -2.52. The van der Waals surface area contributed by atoms with E-state index in [2.05, 4.69) is 0 Å². The zero-order valence-electron chi connectivity index (χ0n) is 13.9. The van der Waals surface area contributed by atoms with Gasteiger partial charge in [-0.2, -0.15) is 0 Å². The number of methoxy groups -OCH3 is 1. The summed E-state index contributed by atoms with van der Waals surface area (Å²) in [7, 11) is 1.67. The zero-order chi connectivity index (χ0) is 15.9. The number of hydrogen-bond donors (Lipinski definition) is 0. The van der Waals surface area contributed by atoms with Gasteiger partial charge in [-0.05, 0) is 74.0 Å². The van der Waals surface area contributed by atoms with Crippen molar-refractivity contribution < 1.29 is 14.3 Å². The van der Waals surface area contributed by atoms with Crippen molar-refractivity contribution >= 4 is 6.29 Å². The Balaban J connectivity index is 1.45. The van der Waals surface area contributed by atoms with Gasteiger partial charge in [-0.15, -0.1) is 0 Å². The normalized spacial score (nSPS) is 36.0. The van der Waals surface area contributed by atoms with Crippen molar-refractivity contribution in [2.24, 2.45) is 23.2 Å². The Hall–Kier alpha value is -1.35. The highest BCUT2D eigenvalue weighted by atomic mass is 16.5. The third kappa shape index (κ3) is 2.80. The number of aldehydes is 1. The maximum Gasteiger partial charge on any atom is 0.149 e. The fourth-order valence-corrected chi connectivity index (χ4v) is 5.79. The van der Waals surface area contributed by atoms with Crippen LogP contribution in [0.3, 0.4) is 0 Å². The average molecular weight is 314 g/mol. The molecule has 4 saturated carbocycles. The summed E-state index contributed by atoms with van der Waals surface area (Å²) in [5, 5.41) is 0. The molecule has 0 saturated heterocycles. The van der Waals surface area contributed by atoms with Crippen LogP contribution in [0.5, 0.6) is 5.75 Å². The minimum Gasteiger partial charge on any atom is -0.497 e. The third-order valence-corrected chi connectivity index (χ3v) is 6.40. The van der Waals surface area contributed by atoms with E-state index < -0.39 is 0 Å². The van der Waals surface area contributed by atoms with Crippen molar-refractivity contribution in [3.05, 3.63) is 29.8 Å². The van der Waals surface area contributed by atoms with E-state index in [1.807, 2.05) is 24.3 Å². The number of carbonyl (C=O) groups excluding carboxylic acids is 1. The Labute approximate surface area is 138 Å². The van der Waals surface area contributed by atoms with Gasteiger partial charge in [0.05, 0.1) is 13.7 Å². The Morgan fingerprint density at radius 1 is 1.09 bits per heavy atom. The quantitative estimate of drug-likeness (QED) is 0.745. The van der Waals surface area contributed by atoms with Crippen LogP contribution in [0.1, 0.15) is 44.1 Å². The van der Waals surface area contributed by atoms with Crippen molar-refractivity contribution in [2.45, 2.75) is 51.2 Å². The van der Waals surface area contributed by atoms with Gasteiger partial charge < -0.3 is 14.3 Å². The van der Waals surface area contributed by atoms with Gasteiger partial charge in [0.2, 0.25) is 0 Å². The van der Waals surface area contributed by atoms with Crippen LogP contribution in [-0.2, 0) is 16.1 Å². The Kier molecular flexibility index (Phi) is 3.92. The molecule has 3 nitrogen and oxygen atoms in total. The molecular formula is C20H26O3. The second-order valence-corrected chi connectivity index (χ2v) is 8.00. The highest BCUT2D eigenvalue weighted by Crippen LogP contribution is 2.61. The highest BCUT2D eigenvalue weighted by molar-refractivity contribution is 5.58. The maximum absolute atomic E-state index is 11.8. The summed E-state index contributed by atoms with van der Waals surface area (Å²) in [6.45, 7) is 0.509. The van der Waals surface area contributed by atoms with Crippen molar-refractivity contribution in [2.75, 3.05) is 7.11 Å². The summed E-state index contributed by atoms with van der Waals surface area (Å²) in [5.74, 6) is 3.37.